The number of thioether (sulfide) groups is 2. The molecule has 0 bridgehead atoms. The molecule has 162 valence electrons. The predicted molar refractivity (Wildman–Crippen MR) is 125 cm³/mol. The number of amides is 2. The summed E-state index contributed by atoms with van der Waals surface area (Å²) in [6.45, 7) is 20.5. The highest BCUT2D eigenvalue weighted by Gasteiger charge is 2.15. The van der Waals surface area contributed by atoms with Gasteiger partial charge in [-0.1, -0.05) is 78.9 Å². The third kappa shape index (κ3) is 17.5. The molecule has 6 heteroatoms. The highest BCUT2D eigenvalue weighted by atomic mass is 32.2. The lowest BCUT2D eigenvalue weighted by atomic mass is 10.1. The third-order valence-electron chi connectivity index (χ3n) is 3.37. The topological polar surface area (TPSA) is 40.6 Å². The standard InChI is InChI=1S/C11H23NOS.C10H21NOS/c1-6-14-11(13)12(7-9(2)3)8-10(4)5;1-4-7-11(8-5-2)10(12)13-9-6-3/h9-10H,6-8H2,1-5H3;4-9H2,1-3H3. The average molecular weight is 421 g/mol. The average Bonchev–Trinajstić information content (AvgIpc) is 2.59. The molecule has 0 saturated heterocycles. The number of carbonyl (C=O) groups excluding carboxylic acids is 2. The molecule has 0 heterocycles. The van der Waals surface area contributed by atoms with E-state index in [1.54, 1.807) is 0 Å². The molecule has 0 aliphatic heterocycles. The number of hydrogen-bond donors (Lipinski definition) is 0. The molecule has 0 unspecified atom stereocenters. The maximum Gasteiger partial charge on any atom is 0.281 e. The number of rotatable bonds is 11. The first-order valence-electron chi connectivity index (χ1n) is 10.6. The van der Waals surface area contributed by atoms with Gasteiger partial charge in [0.05, 0.1) is 0 Å². The van der Waals surface area contributed by atoms with Crippen LogP contribution < -0.4 is 0 Å². The van der Waals surface area contributed by atoms with Crippen LogP contribution in [0.2, 0.25) is 0 Å². The number of carbonyl (C=O) groups is 2. The third-order valence-corrected chi connectivity index (χ3v) is 5.28. The van der Waals surface area contributed by atoms with Gasteiger partial charge in [-0.15, -0.1) is 0 Å². The Kier molecular flexibility index (Phi) is 20.3. The summed E-state index contributed by atoms with van der Waals surface area (Å²) >= 11 is 2.86. The van der Waals surface area contributed by atoms with Gasteiger partial charge in [0.15, 0.2) is 0 Å². The van der Waals surface area contributed by atoms with Crippen LogP contribution in [0.15, 0.2) is 0 Å². The highest BCUT2D eigenvalue weighted by Crippen LogP contribution is 2.13. The lowest BCUT2D eigenvalue weighted by Crippen LogP contribution is -2.34. The van der Waals surface area contributed by atoms with E-state index in [2.05, 4.69) is 48.5 Å². The Morgan fingerprint density at radius 3 is 1.48 bits per heavy atom. The van der Waals surface area contributed by atoms with Gasteiger partial charge in [0.25, 0.3) is 10.5 Å². The Bertz CT molecular complexity index is 361. The number of hydrogen-bond acceptors (Lipinski definition) is 4. The Morgan fingerprint density at radius 2 is 1.15 bits per heavy atom. The zero-order valence-electron chi connectivity index (χ0n) is 19.0. The quantitative estimate of drug-likeness (QED) is 0.366. The summed E-state index contributed by atoms with van der Waals surface area (Å²) in [5.74, 6) is 2.92. The summed E-state index contributed by atoms with van der Waals surface area (Å²) in [6.07, 6.45) is 3.18. The van der Waals surface area contributed by atoms with Gasteiger partial charge in [0.2, 0.25) is 0 Å². The van der Waals surface area contributed by atoms with Crippen molar-refractivity contribution in [3.05, 3.63) is 0 Å². The van der Waals surface area contributed by atoms with Crippen molar-refractivity contribution in [3.8, 4) is 0 Å². The summed E-state index contributed by atoms with van der Waals surface area (Å²) in [7, 11) is 0. The molecule has 0 aliphatic rings. The van der Waals surface area contributed by atoms with E-state index in [0.717, 1.165) is 56.9 Å². The maximum absolute atomic E-state index is 11.7. The first-order valence-corrected chi connectivity index (χ1v) is 12.5. The van der Waals surface area contributed by atoms with E-state index in [0.29, 0.717) is 11.8 Å². The lowest BCUT2D eigenvalue weighted by molar-refractivity contribution is 0.208. The summed E-state index contributed by atoms with van der Waals surface area (Å²) in [5.41, 5.74) is 0. The minimum atomic E-state index is 0.231. The molecule has 0 fully saturated rings. The van der Waals surface area contributed by atoms with E-state index in [1.807, 2.05) is 16.7 Å². The molecule has 0 spiro atoms. The SMILES string of the molecule is CCCSC(=O)N(CCC)CCC.CCSC(=O)N(CC(C)C)CC(C)C. The molecule has 2 amide bonds. The van der Waals surface area contributed by atoms with Gasteiger partial charge >= 0.3 is 0 Å². The fourth-order valence-corrected chi connectivity index (χ4v) is 3.76. The largest absolute Gasteiger partial charge is 0.334 e. The van der Waals surface area contributed by atoms with Crippen LogP contribution in [0.1, 0.15) is 74.7 Å². The van der Waals surface area contributed by atoms with Crippen LogP contribution in [-0.4, -0.2) is 58.0 Å². The summed E-state index contributed by atoms with van der Waals surface area (Å²) in [4.78, 5) is 27.2. The van der Waals surface area contributed by atoms with Gasteiger partial charge in [0.1, 0.15) is 0 Å². The molecule has 0 atom stereocenters. The first kappa shape index (κ1) is 28.8. The highest BCUT2D eigenvalue weighted by molar-refractivity contribution is 8.13. The molecule has 0 radical (unpaired) electrons. The minimum Gasteiger partial charge on any atom is -0.334 e. The van der Waals surface area contributed by atoms with Gasteiger partial charge in [-0.05, 0) is 36.9 Å². The van der Waals surface area contributed by atoms with Crippen LogP contribution in [-0.2, 0) is 0 Å². The minimum absolute atomic E-state index is 0.231. The van der Waals surface area contributed by atoms with E-state index >= 15 is 0 Å². The molecule has 0 aromatic carbocycles. The normalized spacial score (nSPS) is 10.6. The molecular weight excluding hydrogens is 376 g/mol. The van der Waals surface area contributed by atoms with Gasteiger partial charge in [0, 0.05) is 31.9 Å². The smallest absolute Gasteiger partial charge is 0.281 e. The van der Waals surface area contributed by atoms with Crippen molar-refractivity contribution in [3.63, 3.8) is 0 Å². The van der Waals surface area contributed by atoms with Crippen molar-refractivity contribution in [2.75, 3.05) is 37.7 Å². The molecule has 0 rings (SSSR count). The van der Waals surface area contributed by atoms with Crippen molar-refractivity contribution in [2.24, 2.45) is 11.8 Å². The molecule has 0 aliphatic carbocycles. The summed E-state index contributed by atoms with van der Waals surface area (Å²) in [6, 6.07) is 0. The fourth-order valence-electron chi connectivity index (χ4n) is 2.43. The predicted octanol–water partition coefficient (Wildman–Crippen LogP) is 6.85. The Hall–Kier alpha value is -0.360. The van der Waals surface area contributed by atoms with Crippen LogP contribution in [0.4, 0.5) is 9.59 Å². The number of nitrogens with zero attached hydrogens (tertiary/aromatic N) is 2. The second-order valence-corrected chi connectivity index (χ2v) is 9.75. The lowest BCUT2D eigenvalue weighted by Gasteiger charge is -2.25. The molecule has 4 nitrogen and oxygen atoms in total. The summed E-state index contributed by atoms with van der Waals surface area (Å²) in [5, 5.41) is 0.487. The molecular formula is C21H44N2O2S2. The molecule has 0 aromatic rings. The van der Waals surface area contributed by atoms with Crippen molar-refractivity contribution in [1.29, 1.82) is 0 Å². The van der Waals surface area contributed by atoms with Crippen molar-refractivity contribution >= 4 is 34.0 Å². The molecule has 0 saturated carbocycles. The van der Waals surface area contributed by atoms with Crippen LogP contribution in [0, 0.1) is 11.8 Å². The first-order chi connectivity index (χ1) is 12.7. The van der Waals surface area contributed by atoms with Crippen LogP contribution in [0.25, 0.3) is 0 Å². The van der Waals surface area contributed by atoms with Crippen LogP contribution in [0.3, 0.4) is 0 Å². The van der Waals surface area contributed by atoms with Crippen LogP contribution in [0.5, 0.6) is 0 Å². The Labute approximate surface area is 177 Å². The Balaban J connectivity index is 0. The monoisotopic (exact) mass is 420 g/mol. The van der Waals surface area contributed by atoms with Gasteiger partial charge < -0.3 is 9.80 Å². The van der Waals surface area contributed by atoms with Gasteiger partial charge in [-0.2, -0.15) is 0 Å². The molecule has 0 aromatic heterocycles. The summed E-state index contributed by atoms with van der Waals surface area (Å²) < 4.78 is 0. The van der Waals surface area contributed by atoms with Crippen LogP contribution >= 0.6 is 23.5 Å². The van der Waals surface area contributed by atoms with E-state index in [4.69, 9.17) is 0 Å². The van der Waals surface area contributed by atoms with Gasteiger partial charge in [-0.3, -0.25) is 9.59 Å². The molecule has 0 N–H and O–H groups in total. The van der Waals surface area contributed by atoms with E-state index in [1.165, 1.54) is 23.5 Å². The zero-order valence-corrected chi connectivity index (χ0v) is 20.7. The van der Waals surface area contributed by atoms with E-state index in [-0.39, 0.29) is 10.5 Å². The van der Waals surface area contributed by atoms with Crippen molar-refractivity contribution in [1.82, 2.24) is 9.80 Å². The van der Waals surface area contributed by atoms with Gasteiger partial charge in [-0.25, -0.2) is 0 Å². The second kappa shape index (κ2) is 19.0. The van der Waals surface area contributed by atoms with Crippen molar-refractivity contribution < 1.29 is 9.59 Å². The van der Waals surface area contributed by atoms with E-state index in [9.17, 15) is 9.59 Å². The Morgan fingerprint density at radius 1 is 0.704 bits per heavy atom. The second-order valence-electron chi connectivity index (χ2n) is 7.49. The fraction of sp³-hybridized carbons (Fsp3) is 0.905. The maximum atomic E-state index is 11.7. The molecule has 27 heavy (non-hydrogen) atoms. The van der Waals surface area contributed by atoms with E-state index < -0.39 is 0 Å². The van der Waals surface area contributed by atoms with Crippen molar-refractivity contribution in [2.45, 2.75) is 74.7 Å². The zero-order chi connectivity index (χ0) is 21.2.